The Kier molecular flexibility index (Phi) is 5.47. The number of rotatable bonds is 7. The van der Waals surface area contributed by atoms with E-state index in [9.17, 15) is 8.42 Å². The number of anilines is 1. The van der Waals surface area contributed by atoms with E-state index in [0.29, 0.717) is 18.0 Å². The molecular formula is C13H16N2O2S3. The number of sulfonamides is 1. The van der Waals surface area contributed by atoms with Crippen LogP contribution in [0.4, 0.5) is 5.69 Å². The molecule has 0 aliphatic rings. The van der Waals surface area contributed by atoms with Gasteiger partial charge in [-0.25, -0.2) is 13.1 Å². The van der Waals surface area contributed by atoms with Crippen LogP contribution in [-0.2, 0) is 16.6 Å². The quantitative estimate of drug-likeness (QED) is 0.605. The summed E-state index contributed by atoms with van der Waals surface area (Å²) in [5.74, 6) is 0.620. The molecule has 0 radical (unpaired) electrons. The number of nitrogen functional groups attached to an aromatic ring is 1. The van der Waals surface area contributed by atoms with E-state index >= 15 is 0 Å². The fourth-order valence-corrected chi connectivity index (χ4v) is 4.47. The Morgan fingerprint density at radius 1 is 1.20 bits per heavy atom. The van der Waals surface area contributed by atoms with Gasteiger partial charge in [-0.2, -0.15) is 11.3 Å². The molecule has 0 bridgehead atoms. The van der Waals surface area contributed by atoms with Crippen molar-refractivity contribution >= 4 is 38.8 Å². The molecule has 2 rings (SSSR count). The normalized spacial score (nSPS) is 11.6. The largest absolute Gasteiger partial charge is 0.399 e. The molecule has 108 valence electrons. The van der Waals surface area contributed by atoms with Gasteiger partial charge in [0.2, 0.25) is 10.0 Å². The summed E-state index contributed by atoms with van der Waals surface area (Å²) in [6.45, 7) is 0.359. The number of hydrogen-bond acceptors (Lipinski definition) is 5. The van der Waals surface area contributed by atoms with Gasteiger partial charge in [-0.1, -0.05) is 0 Å². The van der Waals surface area contributed by atoms with E-state index in [1.54, 1.807) is 11.3 Å². The molecule has 2 aromatic rings. The van der Waals surface area contributed by atoms with E-state index in [1.165, 1.54) is 11.8 Å². The number of nitrogens with one attached hydrogen (secondary N) is 1. The summed E-state index contributed by atoms with van der Waals surface area (Å²) in [5.41, 5.74) is 7.29. The molecule has 0 saturated heterocycles. The molecule has 0 aliphatic carbocycles. The van der Waals surface area contributed by atoms with Crippen molar-refractivity contribution in [3.8, 4) is 0 Å². The van der Waals surface area contributed by atoms with Crippen LogP contribution in [0.1, 0.15) is 5.56 Å². The minimum Gasteiger partial charge on any atom is -0.399 e. The second-order valence-electron chi connectivity index (χ2n) is 4.19. The Bertz CT molecular complexity index is 622. The van der Waals surface area contributed by atoms with Gasteiger partial charge in [0.05, 0.1) is 5.75 Å². The molecule has 20 heavy (non-hydrogen) atoms. The summed E-state index contributed by atoms with van der Waals surface area (Å²) in [5, 5.41) is 3.87. The topological polar surface area (TPSA) is 72.2 Å². The average Bonchev–Trinajstić information content (AvgIpc) is 2.92. The predicted octanol–water partition coefficient (Wildman–Crippen LogP) is 2.54. The molecule has 0 saturated carbocycles. The molecule has 3 N–H and O–H groups in total. The van der Waals surface area contributed by atoms with Crippen LogP contribution in [-0.4, -0.2) is 19.9 Å². The van der Waals surface area contributed by atoms with Crippen LogP contribution in [0.2, 0.25) is 0 Å². The van der Waals surface area contributed by atoms with Crippen molar-refractivity contribution in [2.75, 3.05) is 17.2 Å². The molecule has 0 atom stereocenters. The summed E-state index contributed by atoms with van der Waals surface area (Å²) >= 11 is 3.06. The zero-order chi connectivity index (χ0) is 14.4. The molecule has 1 aromatic heterocycles. The minimum absolute atomic E-state index is 0.103. The SMILES string of the molecule is Nc1ccc(SCCS(=O)(=O)NCc2ccsc2)cc1. The van der Waals surface area contributed by atoms with Crippen molar-refractivity contribution in [2.45, 2.75) is 11.4 Å². The molecule has 0 spiro atoms. The van der Waals surface area contributed by atoms with Gasteiger partial charge >= 0.3 is 0 Å². The maximum absolute atomic E-state index is 11.8. The molecule has 1 heterocycles. The molecule has 0 amide bonds. The van der Waals surface area contributed by atoms with Crippen LogP contribution in [0, 0.1) is 0 Å². The van der Waals surface area contributed by atoms with Crippen LogP contribution in [0.15, 0.2) is 46.0 Å². The van der Waals surface area contributed by atoms with Crippen molar-refractivity contribution in [3.05, 3.63) is 46.7 Å². The number of nitrogens with two attached hydrogens (primary N) is 1. The van der Waals surface area contributed by atoms with E-state index in [2.05, 4.69) is 4.72 Å². The van der Waals surface area contributed by atoms with Gasteiger partial charge in [0.25, 0.3) is 0 Å². The standard InChI is InChI=1S/C13H16N2O2S3/c14-12-1-3-13(4-2-12)19-7-8-20(16,17)15-9-11-5-6-18-10-11/h1-6,10,15H,7-9,14H2. The molecule has 0 fully saturated rings. The third-order valence-electron chi connectivity index (χ3n) is 2.58. The molecule has 1 aromatic carbocycles. The van der Waals surface area contributed by atoms with Gasteiger partial charge in [0.1, 0.15) is 0 Å². The highest BCUT2D eigenvalue weighted by atomic mass is 32.2. The number of thioether (sulfide) groups is 1. The number of hydrogen-bond donors (Lipinski definition) is 2. The summed E-state index contributed by atoms with van der Waals surface area (Å²) < 4.78 is 26.3. The van der Waals surface area contributed by atoms with Crippen molar-refractivity contribution < 1.29 is 8.42 Å². The lowest BCUT2D eigenvalue weighted by atomic mass is 10.3. The molecule has 0 aliphatic heterocycles. The maximum atomic E-state index is 11.8. The van der Waals surface area contributed by atoms with Gasteiger partial charge in [0, 0.05) is 22.9 Å². The van der Waals surface area contributed by atoms with Crippen LogP contribution in [0.3, 0.4) is 0 Å². The first kappa shape index (κ1) is 15.4. The molecule has 0 unspecified atom stereocenters. The lowest BCUT2D eigenvalue weighted by Crippen LogP contribution is -2.26. The highest BCUT2D eigenvalue weighted by Crippen LogP contribution is 2.19. The lowest BCUT2D eigenvalue weighted by Gasteiger charge is -2.06. The number of benzene rings is 1. The maximum Gasteiger partial charge on any atom is 0.212 e. The Labute approximate surface area is 127 Å². The molecule has 4 nitrogen and oxygen atoms in total. The van der Waals surface area contributed by atoms with Gasteiger partial charge in [-0.3, -0.25) is 0 Å². The van der Waals surface area contributed by atoms with E-state index in [4.69, 9.17) is 5.73 Å². The molecular weight excluding hydrogens is 312 g/mol. The Morgan fingerprint density at radius 3 is 2.60 bits per heavy atom. The van der Waals surface area contributed by atoms with E-state index in [-0.39, 0.29) is 5.75 Å². The fraction of sp³-hybridized carbons (Fsp3) is 0.231. The number of thiophene rings is 1. The second kappa shape index (κ2) is 7.12. The van der Waals surface area contributed by atoms with Crippen LogP contribution >= 0.6 is 23.1 Å². The summed E-state index contributed by atoms with van der Waals surface area (Å²) in [6.07, 6.45) is 0. The highest BCUT2D eigenvalue weighted by Gasteiger charge is 2.10. The lowest BCUT2D eigenvalue weighted by molar-refractivity contribution is 0.583. The van der Waals surface area contributed by atoms with Crippen molar-refractivity contribution in [2.24, 2.45) is 0 Å². The fourth-order valence-electron chi connectivity index (χ4n) is 1.49. The Hall–Kier alpha value is -1.02. The zero-order valence-corrected chi connectivity index (χ0v) is 13.2. The second-order valence-corrected chi connectivity index (χ2v) is 8.06. The van der Waals surface area contributed by atoms with Crippen molar-refractivity contribution in [1.82, 2.24) is 4.72 Å². The summed E-state index contributed by atoms with van der Waals surface area (Å²) in [7, 11) is -3.23. The predicted molar refractivity (Wildman–Crippen MR) is 86.5 cm³/mol. The average molecular weight is 328 g/mol. The monoisotopic (exact) mass is 328 g/mol. The van der Waals surface area contributed by atoms with Gasteiger partial charge in [-0.15, -0.1) is 11.8 Å². The highest BCUT2D eigenvalue weighted by molar-refractivity contribution is 8.00. The van der Waals surface area contributed by atoms with Gasteiger partial charge in [0.15, 0.2) is 0 Å². The first-order valence-electron chi connectivity index (χ1n) is 6.02. The summed E-state index contributed by atoms with van der Waals surface area (Å²) in [4.78, 5) is 1.02. The van der Waals surface area contributed by atoms with Crippen molar-refractivity contribution in [1.29, 1.82) is 0 Å². The smallest absolute Gasteiger partial charge is 0.212 e. The summed E-state index contributed by atoms with van der Waals surface area (Å²) in [6, 6.07) is 9.32. The Morgan fingerprint density at radius 2 is 1.95 bits per heavy atom. The minimum atomic E-state index is -3.23. The molecule has 7 heteroatoms. The third kappa shape index (κ3) is 5.16. The van der Waals surface area contributed by atoms with Gasteiger partial charge in [-0.05, 0) is 46.7 Å². The van der Waals surface area contributed by atoms with Crippen LogP contribution in [0.25, 0.3) is 0 Å². The van der Waals surface area contributed by atoms with Crippen LogP contribution in [0.5, 0.6) is 0 Å². The van der Waals surface area contributed by atoms with Gasteiger partial charge < -0.3 is 5.73 Å². The third-order valence-corrected chi connectivity index (χ3v) is 5.91. The Balaban J connectivity index is 1.76. The first-order valence-corrected chi connectivity index (χ1v) is 9.60. The first-order chi connectivity index (χ1) is 9.55. The van der Waals surface area contributed by atoms with E-state index < -0.39 is 10.0 Å². The van der Waals surface area contributed by atoms with Crippen molar-refractivity contribution in [3.63, 3.8) is 0 Å². The van der Waals surface area contributed by atoms with E-state index in [1.807, 2.05) is 41.1 Å². The zero-order valence-electron chi connectivity index (χ0n) is 10.8. The van der Waals surface area contributed by atoms with E-state index in [0.717, 1.165) is 10.5 Å². The van der Waals surface area contributed by atoms with Crippen LogP contribution < -0.4 is 10.5 Å².